The van der Waals surface area contributed by atoms with Crippen molar-refractivity contribution in [3.8, 4) is 0 Å². The van der Waals surface area contributed by atoms with Crippen molar-refractivity contribution in [2.75, 3.05) is 6.54 Å². The maximum Gasteiger partial charge on any atom is 0.272 e. The zero-order valence-corrected chi connectivity index (χ0v) is 12.5. The summed E-state index contributed by atoms with van der Waals surface area (Å²) in [5.41, 5.74) is 0.749. The number of carbonyl (C=O) groups is 1. The van der Waals surface area contributed by atoms with Crippen molar-refractivity contribution < 1.29 is 9.90 Å². The van der Waals surface area contributed by atoms with Crippen LogP contribution in [0.15, 0.2) is 42.6 Å². The Kier molecular flexibility index (Phi) is 4.24. The summed E-state index contributed by atoms with van der Waals surface area (Å²) in [5, 5.41) is 17.2. The largest absolute Gasteiger partial charge is 0.388 e. The molecule has 0 unspecified atom stereocenters. The monoisotopic (exact) mass is 299 g/mol. The molecule has 1 heterocycles. The number of carbonyl (C=O) groups excluding carboxylic acids is 1. The number of nitrogens with one attached hydrogen (secondary N) is 1. The van der Waals surface area contributed by atoms with E-state index in [0.717, 1.165) is 31.2 Å². The molecule has 2 N–H and O–H groups in total. The van der Waals surface area contributed by atoms with Crippen LogP contribution in [-0.4, -0.2) is 38.3 Å². The van der Waals surface area contributed by atoms with Gasteiger partial charge in [0.2, 0.25) is 0 Å². The number of H-pyrrole nitrogens is 1. The highest BCUT2D eigenvalue weighted by molar-refractivity contribution is 5.92. The van der Waals surface area contributed by atoms with E-state index in [2.05, 4.69) is 10.2 Å². The average molecular weight is 299 g/mol. The molecule has 1 fully saturated rings. The molecule has 1 aliphatic carbocycles. The first-order chi connectivity index (χ1) is 10.7. The minimum absolute atomic E-state index is 0.123. The second-order valence-electron chi connectivity index (χ2n) is 6.05. The van der Waals surface area contributed by atoms with Gasteiger partial charge < -0.3 is 10.0 Å². The molecule has 0 radical (unpaired) electrons. The van der Waals surface area contributed by atoms with Gasteiger partial charge in [-0.25, -0.2) is 0 Å². The number of aromatic nitrogens is 2. The molecule has 22 heavy (non-hydrogen) atoms. The summed E-state index contributed by atoms with van der Waals surface area (Å²) < 4.78 is 0. The van der Waals surface area contributed by atoms with Gasteiger partial charge in [0.1, 0.15) is 5.69 Å². The molecule has 116 valence electrons. The van der Waals surface area contributed by atoms with Crippen molar-refractivity contribution in [3.05, 3.63) is 53.9 Å². The predicted octanol–water partition coefficient (Wildman–Crippen LogP) is 2.36. The van der Waals surface area contributed by atoms with E-state index >= 15 is 0 Å². The van der Waals surface area contributed by atoms with Gasteiger partial charge >= 0.3 is 0 Å². The minimum atomic E-state index is -0.759. The van der Waals surface area contributed by atoms with Crippen LogP contribution in [0.1, 0.15) is 41.7 Å². The first-order valence-electron chi connectivity index (χ1n) is 7.71. The van der Waals surface area contributed by atoms with E-state index in [-0.39, 0.29) is 5.91 Å². The lowest BCUT2D eigenvalue weighted by molar-refractivity contribution is 0.00764. The van der Waals surface area contributed by atoms with E-state index in [1.165, 1.54) is 0 Å². The molecule has 0 aliphatic heterocycles. The smallest absolute Gasteiger partial charge is 0.272 e. The number of rotatable bonds is 5. The zero-order valence-electron chi connectivity index (χ0n) is 12.5. The van der Waals surface area contributed by atoms with Crippen LogP contribution in [0.25, 0.3) is 0 Å². The summed E-state index contributed by atoms with van der Waals surface area (Å²) in [7, 11) is 0. The fourth-order valence-corrected chi connectivity index (χ4v) is 3.10. The average Bonchev–Trinajstić information content (AvgIpc) is 3.19. The van der Waals surface area contributed by atoms with Gasteiger partial charge in [-0.1, -0.05) is 43.2 Å². The minimum Gasteiger partial charge on any atom is -0.388 e. The molecule has 1 saturated carbocycles. The van der Waals surface area contributed by atoms with Crippen LogP contribution in [0.4, 0.5) is 0 Å². The molecule has 0 saturated heterocycles. The first kappa shape index (κ1) is 14.8. The lowest BCUT2D eigenvalue weighted by atomic mass is 10.0. The third-order valence-electron chi connectivity index (χ3n) is 4.25. The van der Waals surface area contributed by atoms with Crippen molar-refractivity contribution in [1.82, 2.24) is 15.1 Å². The van der Waals surface area contributed by atoms with Crippen LogP contribution in [0.2, 0.25) is 0 Å². The van der Waals surface area contributed by atoms with Crippen molar-refractivity contribution in [2.24, 2.45) is 0 Å². The van der Waals surface area contributed by atoms with Gasteiger partial charge in [0.05, 0.1) is 12.1 Å². The third-order valence-corrected chi connectivity index (χ3v) is 4.25. The van der Waals surface area contributed by atoms with Crippen LogP contribution >= 0.6 is 0 Å². The van der Waals surface area contributed by atoms with Crippen LogP contribution in [0.3, 0.4) is 0 Å². The SMILES string of the molecule is O=C(c1ccn[nH]1)N(Cc1ccccc1)CC1(O)CCCC1. The zero-order chi connectivity index (χ0) is 15.4. The van der Waals surface area contributed by atoms with Gasteiger partial charge in [0, 0.05) is 12.7 Å². The number of aromatic amines is 1. The van der Waals surface area contributed by atoms with E-state index < -0.39 is 5.60 Å². The van der Waals surface area contributed by atoms with Crippen molar-refractivity contribution >= 4 is 5.91 Å². The number of aliphatic hydroxyl groups is 1. The molecule has 1 aliphatic rings. The molecule has 2 aromatic rings. The quantitative estimate of drug-likeness (QED) is 0.890. The molecule has 1 aromatic carbocycles. The molecule has 0 atom stereocenters. The van der Waals surface area contributed by atoms with E-state index in [1.54, 1.807) is 17.2 Å². The fraction of sp³-hybridized carbons (Fsp3) is 0.412. The van der Waals surface area contributed by atoms with Crippen molar-refractivity contribution in [1.29, 1.82) is 0 Å². The standard InChI is InChI=1S/C17H21N3O2/c21-16(15-8-11-18-19-15)20(12-14-6-2-1-3-7-14)13-17(22)9-4-5-10-17/h1-3,6-8,11,22H,4-5,9-10,12-13H2,(H,18,19). The first-order valence-corrected chi connectivity index (χ1v) is 7.71. The highest BCUT2D eigenvalue weighted by atomic mass is 16.3. The number of nitrogens with zero attached hydrogens (tertiary/aromatic N) is 2. The molecular weight excluding hydrogens is 278 g/mol. The summed E-state index contributed by atoms with van der Waals surface area (Å²) in [6, 6.07) is 11.5. The molecule has 1 aromatic heterocycles. The Hall–Kier alpha value is -2.14. The summed E-state index contributed by atoms with van der Waals surface area (Å²) in [6.07, 6.45) is 5.13. The Bertz CT molecular complexity index is 604. The van der Waals surface area contributed by atoms with E-state index in [0.29, 0.717) is 18.8 Å². The van der Waals surface area contributed by atoms with Crippen LogP contribution < -0.4 is 0 Å². The second-order valence-corrected chi connectivity index (χ2v) is 6.05. The summed E-state index contributed by atoms with van der Waals surface area (Å²) in [4.78, 5) is 14.4. The van der Waals surface area contributed by atoms with Gasteiger partial charge in [0.25, 0.3) is 5.91 Å². The van der Waals surface area contributed by atoms with Gasteiger partial charge in [-0.2, -0.15) is 5.10 Å². The van der Waals surface area contributed by atoms with Gasteiger partial charge in [-0.3, -0.25) is 9.89 Å². The summed E-state index contributed by atoms with van der Waals surface area (Å²) >= 11 is 0. The number of hydrogen-bond donors (Lipinski definition) is 2. The van der Waals surface area contributed by atoms with E-state index in [4.69, 9.17) is 0 Å². The van der Waals surface area contributed by atoms with Crippen molar-refractivity contribution in [2.45, 2.75) is 37.8 Å². The van der Waals surface area contributed by atoms with Crippen LogP contribution in [-0.2, 0) is 6.54 Å². The molecular formula is C17H21N3O2. The summed E-state index contributed by atoms with van der Waals surface area (Å²) in [5.74, 6) is -0.123. The van der Waals surface area contributed by atoms with E-state index in [1.807, 2.05) is 30.3 Å². The van der Waals surface area contributed by atoms with E-state index in [9.17, 15) is 9.90 Å². The molecule has 0 bridgehead atoms. The van der Waals surface area contributed by atoms with Crippen LogP contribution in [0.5, 0.6) is 0 Å². The maximum absolute atomic E-state index is 12.7. The molecule has 1 amide bonds. The number of hydrogen-bond acceptors (Lipinski definition) is 3. The molecule has 0 spiro atoms. The second kappa shape index (κ2) is 6.32. The Balaban J connectivity index is 1.80. The maximum atomic E-state index is 12.7. The van der Waals surface area contributed by atoms with Gasteiger partial charge in [-0.05, 0) is 24.5 Å². The Morgan fingerprint density at radius 1 is 1.23 bits per heavy atom. The Morgan fingerprint density at radius 2 is 1.95 bits per heavy atom. The number of amides is 1. The molecule has 5 heteroatoms. The normalized spacial score (nSPS) is 16.6. The predicted molar refractivity (Wildman–Crippen MR) is 83.2 cm³/mol. The Morgan fingerprint density at radius 3 is 2.59 bits per heavy atom. The molecule has 3 rings (SSSR count). The lowest BCUT2D eigenvalue weighted by Gasteiger charge is -2.31. The summed E-state index contributed by atoms with van der Waals surface area (Å²) in [6.45, 7) is 0.848. The number of benzene rings is 1. The lowest BCUT2D eigenvalue weighted by Crippen LogP contribution is -2.44. The highest BCUT2D eigenvalue weighted by Gasteiger charge is 2.35. The van der Waals surface area contributed by atoms with Crippen molar-refractivity contribution in [3.63, 3.8) is 0 Å². The highest BCUT2D eigenvalue weighted by Crippen LogP contribution is 2.31. The third kappa shape index (κ3) is 3.36. The topological polar surface area (TPSA) is 69.2 Å². The van der Waals surface area contributed by atoms with Gasteiger partial charge in [0.15, 0.2) is 0 Å². The van der Waals surface area contributed by atoms with Crippen LogP contribution in [0, 0.1) is 0 Å². The fourth-order valence-electron chi connectivity index (χ4n) is 3.10. The van der Waals surface area contributed by atoms with Gasteiger partial charge in [-0.15, -0.1) is 0 Å². The molecule has 5 nitrogen and oxygen atoms in total. The Labute approximate surface area is 130 Å².